The summed E-state index contributed by atoms with van der Waals surface area (Å²) in [6.45, 7) is 8.25. The normalized spacial score (nSPS) is 11.2. The van der Waals surface area contributed by atoms with Gasteiger partial charge in [0.2, 0.25) is 0 Å². The van der Waals surface area contributed by atoms with Crippen LogP contribution in [0.2, 0.25) is 0 Å². The third-order valence-electron chi connectivity index (χ3n) is 1.92. The highest BCUT2D eigenvalue weighted by Crippen LogP contribution is 2.16. The van der Waals surface area contributed by atoms with Gasteiger partial charge in [-0.2, -0.15) is 0 Å². The number of hydrogen-bond donors (Lipinski definition) is 0. The summed E-state index contributed by atoms with van der Waals surface area (Å²) in [6.07, 6.45) is -0.248. The lowest BCUT2D eigenvalue weighted by molar-refractivity contribution is 0.0264. The lowest BCUT2D eigenvalue weighted by Gasteiger charge is -2.26. The molecule has 3 heteroatoms. The average molecular weight is 187 g/mol. The number of carbonyl (C=O) groups excluding carboxylic acids is 1. The molecule has 0 atom stereocenters. The Labute approximate surface area is 81.1 Å². The molecule has 0 radical (unpaired) electrons. The first-order valence-corrected chi connectivity index (χ1v) is 4.74. The molecule has 0 fully saturated rings. The largest absolute Gasteiger partial charge is 0.446 e. The van der Waals surface area contributed by atoms with Gasteiger partial charge in [-0.1, -0.05) is 27.7 Å². The topological polar surface area (TPSA) is 29.5 Å². The molecule has 0 rings (SSSR count). The number of hydrogen-bond acceptors (Lipinski definition) is 2. The van der Waals surface area contributed by atoms with Gasteiger partial charge in [-0.3, -0.25) is 0 Å². The molecule has 3 nitrogen and oxygen atoms in total. The van der Waals surface area contributed by atoms with E-state index in [9.17, 15) is 4.79 Å². The van der Waals surface area contributed by atoms with E-state index in [1.165, 1.54) is 4.90 Å². The molecular weight excluding hydrogens is 166 g/mol. The van der Waals surface area contributed by atoms with Crippen molar-refractivity contribution in [3.05, 3.63) is 0 Å². The fourth-order valence-corrected chi connectivity index (χ4v) is 1.26. The van der Waals surface area contributed by atoms with Crippen LogP contribution in [-0.4, -0.2) is 31.2 Å². The SMILES string of the molecule is CC(C)C(OC(=O)N(C)C)C(C)C. The Morgan fingerprint density at radius 2 is 1.46 bits per heavy atom. The third kappa shape index (κ3) is 4.15. The smallest absolute Gasteiger partial charge is 0.409 e. The average Bonchev–Trinajstić information content (AvgIpc) is 1.97. The van der Waals surface area contributed by atoms with E-state index in [0.29, 0.717) is 11.8 Å². The fourth-order valence-electron chi connectivity index (χ4n) is 1.26. The lowest BCUT2D eigenvalue weighted by Crippen LogP contribution is -2.33. The summed E-state index contributed by atoms with van der Waals surface area (Å²) in [5.41, 5.74) is 0. The van der Waals surface area contributed by atoms with Gasteiger partial charge in [0.05, 0.1) is 0 Å². The van der Waals surface area contributed by atoms with Crippen LogP contribution in [0.3, 0.4) is 0 Å². The molecule has 0 bridgehead atoms. The van der Waals surface area contributed by atoms with Gasteiger partial charge in [-0.25, -0.2) is 4.79 Å². The molecule has 0 N–H and O–H groups in total. The number of ether oxygens (including phenoxy) is 1. The maximum absolute atomic E-state index is 11.3. The van der Waals surface area contributed by atoms with Crippen molar-refractivity contribution in [3.8, 4) is 0 Å². The van der Waals surface area contributed by atoms with Crippen LogP contribution in [0.25, 0.3) is 0 Å². The maximum atomic E-state index is 11.3. The van der Waals surface area contributed by atoms with Crippen LogP contribution in [0, 0.1) is 11.8 Å². The van der Waals surface area contributed by atoms with Crippen molar-refractivity contribution < 1.29 is 9.53 Å². The quantitative estimate of drug-likeness (QED) is 0.679. The van der Waals surface area contributed by atoms with Gasteiger partial charge < -0.3 is 9.64 Å². The Morgan fingerprint density at radius 1 is 1.08 bits per heavy atom. The van der Waals surface area contributed by atoms with E-state index in [2.05, 4.69) is 27.7 Å². The van der Waals surface area contributed by atoms with Crippen molar-refractivity contribution in [1.82, 2.24) is 4.90 Å². The molecule has 78 valence electrons. The van der Waals surface area contributed by atoms with Crippen molar-refractivity contribution in [2.24, 2.45) is 11.8 Å². The highest BCUT2D eigenvalue weighted by Gasteiger charge is 2.22. The second-order valence-corrected chi connectivity index (χ2v) is 4.23. The molecule has 1 amide bonds. The summed E-state index contributed by atoms with van der Waals surface area (Å²) in [7, 11) is 3.39. The van der Waals surface area contributed by atoms with E-state index in [1.807, 2.05) is 0 Å². The van der Waals surface area contributed by atoms with Crippen LogP contribution in [-0.2, 0) is 4.74 Å². The van der Waals surface area contributed by atoms with Gasteiger partial charge in [0.25, 0.3) is 0 Å². The second kappa shape index (κ2) is 5.10. The first-order valence-electron chi connectivity index (χ1n) is 4.74. The Balaban J connectivity index is 4.19. The van der Waals surface area contributed by atoms with E-state index in [4.69, 9.17) is 4.74 Å². The zero-order valence-corrected chi connectivity index (χ0v) is 9.50. The molecule has 13 heavy (non-hydrogen) atoms. The number of rotatable bonds is 3. The summed E-state index contributed by atoms with van der Waals surface area (Å²) >= 11 is 0. The molecule has 0 aromatic carbocycles. The molecule has 0 aliphatic heterocycles. The zero-order chi connectivity index (χ0) is 10.6. The van der Waals surface area contributed by atoms with Crippen LogP contribution < -0.4 is 0 Å². The van der Waals surface area contributed by atoms with Gasteiger partial charge in [-0.05, 0) is 11.8 Å². The van der Waals surface area contributed by atoms with Gasteiger partial charge in [-0.15, -0.1) is 0 Å². The monoisotopic (exact) mass is 187 g/mol. The van der Waals surface area contributed by atoms with E-state index < -0.39 is 0 Å². The Kier molecular flexibility index (Phi) is 4.81. The van der Waals surface area contributed by atoms with Crippen LogP contribution in [0.15, 0.2) is 0 Å². The third-order valence-corrected chi connectivity index (χ3v) is 1.92. The first kappa shape index (κ1) is 12.3. The van der Waals surface area contributed by atoms with Gasteiger partial charge in [0.15, 0.2) is 0 Å². The molecule has 0 saturated heterocycles. The molecule has 0 saturated carbocycles. The lowest BCUT2D eigenvalue weighted by atomic mass is 9.96. The Bertz CT molecular complexity index is 156. The minimum atomic E-state index is -0.257. The molecule has 0 aliphatic carbocycles. The maximum Gasteiger partial charge on any atom is 0.409 e. The molecule has 0 aliphatic rings. The van der Waals surface area contributed by atoms with Crippen molar-refractivity contribution in [3.63, 3.8) is 0 Å². The molecule has 0 aromatic heterocycles. The van der Waals surface area contributed by atoms with Crippen molar-refractivity contribution in [2.45, 2.75) is 33.8 Å². The van der Waals surface area contributed by atoms with Crippen LogP contribution >= 0.6 is 0 Å². The summed E-state index contributed by atoms with van der Waals surface area (Å²) in [5, 5.41) is 0. The zero-order valence-electron chi connectivity index (χ0n) is 9.50. The van der Waals surface area contributed by atoms with Crippen LogP contribution in [0.5, 0.6) is 0 Å². The molecule has 0 aromatic rings. The van der Waals surface area contributed by atoms with Gasteiger partial charge >= 0.3 is 6.09 Å². The predicted octanol–water partition coefficient (Wildman–Crippen LogP) is 2.37. The molecule has 0 spiro atoms. The summed E-state index contributed by atoms with van der Waals surface area (Å²) in [5.74, 6) is 0.729. The van der Waals surface area contributed by atoms with Gasteiger partial charge in [0.1, 0.15) is 6.10 Å². The first-order chi connectivity index (χ1) is 5.86. The van der Waals surface area contributed by atoms with Crippen molar-refractivity contribution in [2.75, 3.05) is 14.1 Å². The highest BCUT2D eigenvalue weighted by molar-refractivity contribution is 5.67. The van der Waals surface area contributed by atoms with Crippen LogP contribution in [0.4, 0.5) is 4.79 Å². The van der Waals surface area contributed by atoms with Crippen LogP contribution in [0.1, 0.15) is 27.7 Å². The number of nitrogens with zero attached hydrogens (tertiary/aromatic N) is 1. The standard InChI is InChI=1S/C10H21NO2/c1-7(2)9(8(3)4)13-10(12)11(5)6/h7-9H,1-6H3. The summed E-state index contributed by atoms with van der Waals surface area (Å²) in [6, 6.07) is 0. The van der Waals surface area contributed by atoms with E-state index in [-0.39, 0.29) is 12.2 Å². The minimum Gasteiger partial charge on any atom is -0.446 e. The van der Waals surface area contributed by atoms with Gasteiger partial charge in [0, 0.05) is 14.1 Å². The van der Waals surface area contributed by atoms with E-state index in [1.54, 1.807) is 14.1 Å². The predicted molar refractivity (Wildman–Crippen MR) is 53.6 cm³/mol. The van der Waals surface area contributed by atoms with E-state index >= 15 is 0 Å². The highest BCUT2D eigenvalue weighted by atomic mass is 16.6. The summed E-state index contributed by atoms with van der Waals surface area (Å²) < 4.78 is 5.32. The van der Waals surface area contributed by atoms with Crippen molar-refractivity contribution >= 4 is 6.09 Å². The van der Waals surface area contributed by atoms with E-state index in [0.717, 1.165) is 0 Å². The fraction of sp³-hybridized carbons (Fsp3) is 0.900. The molecule has 0 heterocycles. The molecular formula is C10H21NO2. The number of carbonyl (C=O) groups is 1. The van der Waals surface area contributed by atoms with Crippen molar-refractivity contribution in [1.29, 1.82) is 0 Å². The second-order valence-electron chi connectivity index (χ2n) is 4.23. The molecule has 0 unspecified atom stereocenters. The summed E-state index contributed by atoms with van der Waals surface area (Å²) in [4.78, 5) is 12.7. The Morgan fingerprint density at radius 3 is 1.69 bits per heavy atom. The number of amides is 1. The minimum absolute atomic E-state index is 0.00917. The Hall–Kier alpha value is -0.730.